The topological polar surface area (TPSA) is 95.9 Å². The molecular weight excluding hydrogens is 401 g/mol. The van der Waals surface area contributed by atoms with Gasteiger partial charge in [0.05, 0.1) is 12.6 Å². The first-order chi connectivity index (χ1) is 14.4. The van der Waals surface area contributed by atoms with Crippen molar-refractivity contribution in [2.45, 2.75) is 109 Å². The van der Waals surface area contributed by atoms with Crippen LogP contribution in [0.2, 0.25) is 0 Å². The van der Waals surface area contributed by atoms with E-state index in [2.05, 4.69) is 34.8 Å². The Balaban J connectivity index is 3.60. The van der Waals surface area contributed by atoms with Gasteiger partial charge in [0.15, 0.2) is 0 Å². The summed E-state index contributed by atoms with van der Waals surface area (Å²) >= 11 is 0. The second-order valence-electron chi connectivity index (χ2n) is 7.79. The molecule has 0 heterocycles. The van der Waals surface area contributed by atoms with Gasteiger partial charge >= 0.3 is 7.82 Å². The Morgan fingerprint density at radius 2 is 1.53 bits per heavy atom. The van der Waals surface area contributed by atoms with Crippen molar-refractivity contribution in [1.82, 2.24) is 5.32 Å². The molecule has 0 radical (unpaired) electrons. The zero-order chi connectivity index (χ0) is 22.5. The van der Waals surface area contributed by atoms with Gasteiger partial charge in [0.1, 0.15) is 0 Å². The SMILES string of the molecule is C#CC[C@@H](COP(=O)(O)O)NC(=O)CCCCCCCC=CCCCCCCCC. The van der Waals surface area contributed by atoms with E-state index in [0.29, 0.717) is 6.42 Å². The quantitative estimate of drug-likeness (QED) is 0.0979. The van der Waals surface area contributed by atoms with Crippen LogP contribution in [-0.4, -0.2) is 28.3 Å². The number of phosphoric ester groups is 1. The molecule has 0 aromatic heterocycles. The first-order valence-corrected chi connectivity index (χ1v) is 13.0. The molecule has 1 atom stereocenters. The zero-order valence-corrected chi connectivity index (χ0v) is 19.6. The molecule has 0 aromatic carbocycles. The lowest BCUT2D eigenvalue weighted by molar-refractivity contribution is -0.122. The molecule has 0 aliphatic heterocycles. The first kappa shape index (κ1) is 28.9. The number of allylic oxidation sites excluding steroid dienone is 2. The van der Waals surface area contributed by atoms with Gasteiger partial charge in [0, 0.05) is 12.8 Å². The van der Waals surface area contributed by atoms with Gasteiger partial charge in [-0.3, -0.25) is 9.32 Å². The van der Waals surface area contributed by atoms with Gasteiger partial charge in [-0.15, -0.1) is 12.3 Å². The van der Waals surface area contributed by atoms with E-state index in [9.17, 15) is 9.36 Å². The Hall–Kier alpha value is -1.12. The maximum atomic E-state index is 11.9. The van der Waals surface area contributed by atoms with Crippen molar-refractivity contribution in [1.29, 1.82) is 0 Å². The van der Waals surface area contributed by atoms with Gasteiger partial charge in [-0.25, -0.2) is 4.57 Å². The van der Waals surface area contributed by atoms with E-state index in [-0.39, 0.29) is 18.9 Å². The molecule has 0 spiro atoms. The van der Waals surface area contributed by atoms with Crippen LogP contribution in [0.15, 0.2) is 12.2 Å². The van der Waals surface area contributed by atoms with Crippen LogP contribution in [0.5, 0.6) is 0 Å². The zero-order valence-electron chi connectivity index (χ0n) is 18.7. The van der Waals surface area contributed by atoms with E-state index in [4.69, 9.17) is 16.2 Å². The molecule has 0 bridgehead atoms. The van der Waals surface area contributed by atoms with E-state index in [0.717, 1.165) is 25.7 Å². The minimum atomic E-state index is -4.56. The molecule has 7 heteroatoms. The Bertz CT molecular complexity index is 538. The van der Waals surface area contributed by atoms with Crippen LogP contribution in [0, 0.1) is 12.3 Å². The molecule has 0 unspecified atom stereocenters. The van der Waals surface area contributed by atoms with Crippen LogP contribution in [-0.2, 0) is 13.9 Å². The minimum absolute atomic E-state index is 0.165. The molecule has 174 valence electrons. The molecule has 0 aromatic rings. The summed E-state index contributed by atoms with van der Waals surface area (Å²) in [6, 6.07) is -0.585. The number of rotatable bonds is 20. The van der Waals surface area contributed by atoms with Crippen molar-refractivity contribution in [2.75, 3.05) is 6.61 Å². The van der Waals surface area contributed by atoms with Gasteiger partial charge in [-0.05, 0) is 32.1 Å². The first-order valence-electron chi connectivity index (χ1n) is 11.5. The highest BCUT2D eigenvalue weighted by atomic mass is 31.2. The fourth-order valence-corrected chi connectivity index (χ4v) is 3.51. The third-order valence-corrected chi connectivity index (χ3v) is 5.32. The smallest absolute Gasteiger partial charge is 0.350 e. The van der Waals surface area contributed by atoms with Gasteiger partial charge in [0.25, 0.3) is 0 Å². The average molecular weight is 444 g/mol. The molecule has 0 fully saturated rings. The van der Waals surface area contributed by atoms with E-state index in [1.54, 1.807) is 0 Å². The van der Waals surface area contributed by atoms with Crippen LogP contribution >= 0.6 is 7.82 Å². The number of hydrogen-bond acceptors (Lipinski definition) is 3. The highest BCUT2D eigenvalue weighted by molar-refractivity contribution is 7.46. The summed E-state index contributed by atoms with van der Waals surface area (Å²) in [7, 11) is -4.56. The lowest BCUT2D eigenvalue weighted by atomic mass is 10.1. The largest absolute Gasteiger partial charge is 0.469 e. The lowest BCUT2D eigenvalue weighted by Gasteiger charge is -2.16. The summed E-state index contributed by atoms with van der Waals surface area (Å²) < 4.78 is 15.2. The molecule has 0 aliphatic carbocycles. The van der Waals surface area contributed by atoms with E-state index >= 15 is 0 Å². The molecule has 6 nitrogen and oxygen atoms in total. The number of terminal acetylenes is 1. The Morgan fingerprint density at radius 1 is 1.00 bits per heavy atom. The van der Waals surface area contributed by atoms with Crippen molar-refractivity contribution in [3.63, 3.8) is 0 Å². The average Bonchev–Trinajstić information content (AvgIpc) is 2.68. The van der Waals surface area contributed by atoms with Crippen LogP contribution in [0.3, 0.4) is 0 Å². The summed E-state index contributed by atoms with van der Waals surface area (Å²) in [5, 5.41) is 2.68. The number of carbonyl (C=O) groups is 1. The number of unbranched alkanes of at least 4 members (excludes halogenated alkanes) is 11. The van der Waals surface area contributed by atoms with Crippen LogP contribution in [0.1, 0.15) is 103 Å². The van der Waals surface area contributed by atoms with Crippen molar-refractivity contribution in [2.24, 2.45) is 0 Å². The van der Waals surface area contributed by atoms with Crippen molar-refractivity contribution in [3.05, 3.63) is 12.2 Å². The summed E-state index contributed by atoms with van der Waals surface area (Å²) in [5.41, 5.74) is 0. The summed E-state index contributed by atoms with van der Waals surface area (Å²) in [6.07, 6.45) is 26.0. The maximum absolute atomic E-state index is 11.9. The standard InChI is InChI=1S/C23H42NO5P/c1-3-5-6-7-8-9-10-11-12-13-14-15-16-17-18-20-23(25)24-22(19-4-2)21-29-30(26,27)28/h2,11-12,22H,3,5-10,13-21H2,1H3,(H,24,25)(H2,26,27,28)/t22-/m0/s1. The third kappa shape index (κ3) is 21.6. The Kier molecular flexibility index (Phi) is 19.1. The minimum Gasteiger partial charge on any atom is -0.350 e. The summed E-state index contributed by atoms with van der Waals surface area (Å²) in [6.45, 7) is 1.95. The maximum Gasteiger partial charge on any atom is 0.469 e. The monoisotopic (exact) mass is 443 g/mol. The van der Waals surface area contributed by atoms with E-state index < -0.39 is 13.9 Å². The molecule has 0 rings (SSSR count). The van der Waals surface area contributed by atoms with Crippen LogP contribution < -0.4 is 5.32 Å². The predicted molar refractivity (Wildman–Crippen MR) is 123 cm³/mol. The fourth-order valence-electron chi connectivity index (χ4n) is 3.14. The summed E-state index contributed by atoms with van der Waals surface area (Å²) in [4.78, 5) is 29.4. The van der Waals surface area contributed by atoms with Gasteiger partial charge in [0.2, 0.25) is 5.91 Å². The molecule has 3 N–H and O–H groups in total. The van der Waals surface area contributed by atoms with Gasteiger partial charge in [-0.2, -0.15) is 0 Å². The number of nitrogens with one attached hydrogen (secondary N) is 1. The van der Waals surface area contributed by atoms with Crippen LogP contribution in [0.25, 0.3) is 0 Å². The number of carbonyl (C=O) groups excluding carboxylic acids is 1. The molecule has 0 saturated heterocycles. The van der Waals surface area contributed by atoms with Gasteiger partial charge in [-0.1, -0.05) is 70.4 Å². The molecule has 0 saturated carbocycles. The summed E-state index contributed by atoms with van der Waals surface area (Å²) in [5.74, 6) is 2.21. The molecule has 0 aliphatic rings. The normalized spacial score (nSPS) is 12.7. The molecule has 30 heavy (non-hydrogen) atoms. The number of phosphoric acid groups is 1. The molecular formula is C23H42NO5P. The Labute approximate surface area is 183 Å². The molecule has 1 amide bonds. The van der Waals surface area contributed by atoms with E-state index in [1.165, 1.54) is 57.8 Å². The van der Waals surface area contributed by atoms with Crippen molar-refractivity contribution >= 4 is 13.7 Å². The second kappa shape index (κ2) is 19.8. The predicted octanol–water partition coefficient (Wildman–Crippen LogP) is 5.64. The van der Waals surface area contributed by atoms with Gasteiger partial charge < -0.3 is 15.1 Å². The number of hydrogen-bond donors (Lipinski definition) is 3. The Morgan fingerprint density at radius 3 is 2.07 bits per heavy atom. The third-order valence-electron chi connectivity index (χ3n) is 4.84. The van der Waals surface area contributed by atoms with Crippen LogP contribution in [0.4, 0.5) is 0 Å². The second-order valence-corrected chi connectivity index (χ2v) is 9.03. The van der Waals surface area contributed by atoms with Crippen molar-refractivity contribution < 1.29 is 23.7 Å². The van der Waals surface area contributed by atoms with E-state index in [1.807, 2.05) is 0 Å². The number of amides is 1. The van der Waals surface area contributed by atoms with Crippen molar-refractivity contribution in [3.8, 4) is 12.3 Å². The highest BCUT2D eigenvalue weighted by Gasteiger charge is 2.19. The lowest BCUT2D eigenvalue weighted by Crippen LogP contribution is -2.37. The fraction of sp³-hybridized carbons (Fsp3) is 0.783. The highest BCUT2D eigenvalue weighted by Crippen LogP contribution is 2.35.